The fourth-order valence-electron chi connectivity index (χ4n) is 4.28. The Labute approximate surface area is 212 Å². The first-order valence-corrected chi connectivity index (χ1v) is 13.1. The van der Waals surface area contributed by atoms with Crippen molar-refractivity contribution in [3.05, 3.63) is 53.6 Å². The van der Waals surface area contributed by atoms with E-state index in [1.54, 1.807) is 28.8 Å². The van der Waals surface area contributed by atoms with Crippen LogP contribution in [0, 0.1) is 0 Å². The van der Waals surface area contributed by atoms with E-state index in [0.717, 1.165) is 37.7 Å². The number of carbonyl (C=O) groups excluding carboxylic acids is 2. The molecule has 8 heteroatoms. The van der Waals surface area contributed by atoms with Crippen LogP contribution in [0.2, 0.25) is 0 Å². The van der Waals surface area contributed by atoms with Crippen LogP contribution in [-0.2, 0) is 11.2 Å². The molecule has 0 aromatic heterocycles. The van der Waals surface area contributed by atoms with E-state index >= 15 is 0 Å². The molecule has 2 atom stereocenters. The van der Waals surface area contributed by atoms with Gasteiger partial charge in [-0.3, -0.25) is 9.59 Å². The second kappa shape index (κ2) is 13.3. The highest BCUT2D eigenvalue weighted by molar-refractivity contribution is 8.00. The van der Waals surface area contributed by atoms with Gasteiger partial charge in [-0.15, -0.1) is 11.8 Å². The zero-order chi connectivity index (χ0) is 25.2. The van der Waals surface area contributed by atoms with Crippen LogP contribution in [0.25, 0.3) is 0 Å². The Bertz CT molecular complexity index is 960. The second-order valence-corrected chi connectivity index (χ2v) is 9.66. The molecule has 0 spiro atoms. The highest BCUT2D eigenvalue weighted by Gasteiger charge is 2.41. The molecular formula is C27H36N2O5S. The molecular weight excluding hydrogens is 464 g/mol. The third-order valence-corrected chi connectivity index (χ3v) is 7.51. The SMILES string of the molecule is CCCCCC1SCC(C(=O)NCCc2ccccc2)N1C(=O)c1cc(OC)c(OC)c(OC)c1. The van der Waals surface area contributed by atoms with E-state index < -0.39 is 6.04 Å². The molecule has 0 bridgehead atoms. The average molecular weight is 501 g/mol. The van der Waals surface area contributed by atoms with Gasteiger partial charge in [0.1, 0.15) is 6.04 Å². The minimum absolute atomic E-state index is 0.0574. The lowest BCUT2D eigenvalue weighted by atomic mass is 10.1. The number of benzene rings is 2. The average Bonchev–Trinajstić information content (AvgIpc) is 3.31. The van der Waals surface area contributed by atoms with Crippen LogP contribution in [0.3, 0.4) is 0 Å². The monoisotopic (exact) mass is 500 g/mol. The molecule has 2 amide bonds. The van der Waals surface area contributed by atoms with Crippen LogP contribution >= 0.6 is 11.8 Å². The molecule has 1 aliphatic heterocycles. The number of hydrogen-bond acceptors (Lipinski definition) is 6. The zero-order valence-corrected chi connectivity index (χ0v) is 21.9. The number of rotatable bonds is 12. The molecule has 1 fully saturated rings. The topological polar surface area (TPSA) is 77.1 Å². The number of methoxy groups -OCH3 is 3. The summed E-state index contributed by atoms with van der Waals surface area (Å²) in [6, 6.07) is 12.8. The van der Waals surface area contributed by atoms with Crippen LogP contribution in [0.15, 0.2) is 42.5 Å². The molecule has 1 aliphatic rings. The quantitative estimate of drug-likeness (QED) is 0.432. The van der Waals surface area contributed by atoms with Crippen molar-refractivity contribution in [2.75, 3.05) is 33.6 Å². The van der Waals surface area contributed by atoms with E-state index in [2.05, 4.69) is 12.2 Å². The summed E-state index contributed by atoms with van der Waals surface area (Å²) in [6.07, 6.45) is 4.80. The molecule has 35 heavy (non-hydrogen) atoms. The Morgan fingerprint density at radius 3 is 2.31 bits per heavy atom. The summed E-state index contributed by atoms with van der Waals surface area (Å²) >= 11 is 1.67. The fraction of sp³-hybridized carbons (Fsp3) is 0.481. The van der Waals surface area contributed by atoms with Gasteiger partial charge in [0.2, 0.25) is 11.7 Å². The van der Waals surface area contributed by atoms with Gasteiger partial charge in [-0.25, -0.2) is 0 Å². The van der Waals surface area contributed by atoms with E-state index in [9.17, 15) is 9.59 Å². The molecule has 0 aliphatic carbocycles. The molecule has 190 valence electrons. The number of ether oxygens (including phenoxy) is 3. The Morgan fingerprint density at radius 2 is 1.71 bits per heavy atom. The molecule has 3 rings (SSSR count). The lowest BCUT2D eigenvalue weighted by Gasteiger charge is -2.29. The Kier molecular flexibility index (Phi) is 10.1. The minimum atomic E-state index is -0.533. The number of amides is 2. The summed E-state index contributed by atoms with van der Waals surface area (Å²) in [5, 5.41) is 2.99. The summed E-state index contributed by atoms with van der Waals surface area (Å²) in [5.41, 5.74) is 1.57. The van der Waals surface area contributed by atoms with Gasteiger partial charge in [-0.1, -0.05) is 56.5 Å². The first-order chi connectivity index (χ1) is 17.0. The third-order valence-electron chi connectivity index (χ3n) is 6.15. The highest BCUT2D eigenvalue weighted by atomic mass is 32.2. The number of unbranched alkanes of at least 4 members (excludes halogenated alkanes) is 2. The van der Waals surface area contributed by atoms with Gasteiger partial charge in [0, 0.05) is 17.9 Å². The normalized spacial score (nSPS) is 17.2. The van der Waals surface area contributed by atoms with Gasteiger partial charge in [0.25, 0.3) is 5.91 Å². The van der Waals surface area contributed by atoms with Crippen LogP contribution < -0.4 is 19.5 Å². The number of nitrogens with one attached hydrogen (secondary N) is 1. The second-order valence-electron chi connectivity index (χ2n) is 8.45. The lowest BCUT2D eigenvalue weighted by Crippen LogP contribution is -2.50. The van der Waals surface area contributed by atoms with E-state index in [1.807, 2.05) is 30.3 Å². The van der Waals surface area contributed by atoms with Crippen molar-refractivity contribution in [1.82, 2.24) is 10.2 Å². The third kappa shape index (κ3) is 6.63. The van der Waals surface area contributed by atoms with Crippen LogP contribution in [0.4, 0.5) is 0 Å². The van der Waals surface area contributed by atoms with Crippen molar-refractivity contribution in [1.29, 1.82) is 0 Å². The van der Waals surface area contributed by atoms with Crippen molar-refractivity contribution >= 4 is 23.6 Å². The van der Waals surface area contributed by atoms with Crippen molar-refractivity contribution in [2.45, 2.75) is 50.4 Å². The molecule has 1 heterocycles. The van der Waals surface area contributed by atoms with Crippen LogP contribution in [0.5, 0.6) is 17.2 Å². The first kappa shape index (κ1) is 26.7. The predicted molar refractivity (Wildman–Crippen MR) is 140 cm³/mol. The van der Waals surface area contributed by atoms with Gasteiger partial charge >= 0.3 is 0 Å². The molecule has 2 unspecified atom stereocenters. The summed E-state index contributed by atoms with van der Waals surface area (Å²) in [4.78, 5) is 28.8. The minimum Gasteiger partial charge on any atom is -0.493 e. The van der Waals surface area contributed by atoms with E-state index in [1.165, 1.54) is 21.3 Å². The van der Waals surface area contributed by atoms with Crippen molar-refractivity contribution in [3.8, 4) is 17.2 Å². The predicted octanol–water partition coefficient (Wildman–Crippen LogP) is 4.54. The van der Waals surface area contributed by atoms with Crippen LogP contribution in [-0.4, -0.2) is 61.8 Å². The summed E-state index contributed by atoms with van der Waals surface area (Å²) in [6.45, 7) is 2.68. The zero-order valence-electron chi connectivity index (χ0n) is 21.0. The van der Waals surface area contributed by atoms with Crippen molar-refractivity contribution in [3.63, 3.8) is 0 Å². The molecule has 7 nitrogen and oxygen atoms in total. The fourth-order valence-corrected chi connectivity index (χ4v) is 5.73. The van der Waals surface area contributed by atoms with Gasteiger partial charge in [0.05, 0.1) is 26.7 Å². The van der Waals surface area contributed by atoms with Crippen molar-refractivity contribution < 1.29 is 23.8 Å². The molecule has 2 aromatic carbocycles. The number of carbonyl (C=O) groups is 2. The summed E-state index contributed by atoms with van der Waals surface area (Å²) in [5.74, 6) is 1.49. The molecule has 0 radical (unpaired) electrons. The highest BCUT2D eigenvalue weighted by Crippen LogP contribution is 2.40. The number of thioether (sulfide) groups is 1. The molecule has 2 aromatic rings. The first-order valence-electron chi connectivity index (χ1n) is 12.1. The largest absolute Gasteiger partial charge is 0.493 e. The van der Waals surface area contributed by atoms with Crippen LogP contribution in [0.1, 0.15) is 48.5 Å². The Hall–Kier alpha value is -2.87. The maximum absolute atomic E-state index is 13.8. The summed E-state index contributed by atoms with van der Waals surface area (Å²) in [7, 11) is 4.57. The summed E-state index contributed by atoms with van der Waals surface area (Å²) < 4.78 is 16.3. The lowest BCUT2D eigenvalue weighted by molar-refractivity contribution is -0.124. The standard InChI is InChI=1S/C27H36N2O5S/c1-5-6-8-13-24-29(27(31)20-16-22(32-2)25(34-4)23(17-20)33-3)21(18-35-24)26(30)28-15-14-19-11-9-7-10-12-19/h7,9-12,16-17,21,24H,5-6,8,13-15,18H2,1-4H3,(H,28,30). The molecule has 0 saturated carbocycles. The van der Waals surface area contributed by atoms with E-state index in [0.29, 0.717) is 35.1 Å². The smallest absolute Gasteiger partial charge is 0.255 e. The van der Waals surface area contributed by atoms with Gasteiger partial charge in [-0.05, 0) is 30.5 Å². The Balaban J connectivity index is 1.81. The van der Waals surface area contributed by atoms with Gasteiger partial charge < -0.3 is 24.4 Å². The molecule has 1 N–H and O–H groups in total. The van der Waals surface area contributed by atoms with E-state index in [-0.39, 0.29) is 17.2 Å². The van der Waals surface area contributed by atoms with Crippen molar-refractivity contribution in [2.24, 2.45) is 0 Å². The maximum atomic E-state index is 13.8. The van der Waals surface area contributed by atoms with Gasteiger partial charge in [-0.2, -0.15) is 0 Å². The number of nitrogens with zero attached hydrogens (tertiary/aromatic N) is 1. The Morgan fingerprint density at radius 1 is 1.03 bits per heavy atom. The van der Waals surface area contributed by atoms with E-state index in [4.69, 9.17) is 14.2 Å². The maximum Gasteiger partial charge on any atom is 0.255 e. The van der Waals surface area contributed by atoms with Gasteiger partial charge in [0.15, 0.2) is 11.5 Å². The molecule has 1 saturated heterocycles. The number of hydrogen-bond donors (Lipinski definition) is 1.